The Morgan fingerprint density at radius 1 is 0.788 bits per heavy atom. The minimum atomic E-state index is -0.499. The van der Waals surface area contributed by atoms with Crippen LogP contribution in [0.5, 0.6) is 5.75 Å². The number of methoxy groups -OCH3 is 1. The number of para-hydroxylation sites is 1. The van der Waals surface area contributed by atoms with Gasteiger partial charge in [-0.2, -0.15) is 0 Å². The Kier molecular flexibility index (Phi) is 4.98. The first-order valence-electron chi connectivity index (χ1n) is 10.4. The molecule has 0 saturated heterocycles. The maximum absolute atomic E-state index is 13.0. The lowest BCUT2D eigenvalue weighted by Crippen LogP contribution is -2.09. The van der Waals surface area contributed by atoms with Crippen LogP contribution in [0.3, 0.4) is 0 Å². The normalized spacial score (nSPS) is 11.1. The van der Waals surface area contributed by atoms with E-state index in [-0.39, 0.29) is 0 Å². The van der Waals surface area contributed by atoms with Gasteiger partial charge in [-0.3, -0.25) is 0 Å². The number of rotatable bonds is 4. The van der Waals surface area contributed by atoms with E-state index in [1.54, 1.807) is 19.2 Å². The van der Waals surface area contributed by atoms with E-state index < -0.39 is 11.3 Å². The van der Waals surface area contributed by atoms with Crippen molar-refractivity contribution in [3.05, 3.63) is 93.6 Å². The van der Waals surface area contributed by atoms with Crippen molar-refractivity contribution in [3.63, 3.8) is 0 Å². The lowest BCUT2D eigenvalue weighted by atomic mass is 9.97. The van der Waals surface area contributed by atoms with Gasteiger partial charge in [-0.25, -0.2) is 9.59 Å². The van der Waals surface area contributed by atoms with Crippen LogP contribution in [-0.4, -0.2) is 21.2 Å². The van der Waals surface area contributed by atoms with Gasteiger partial charge in [0.15, 0.2) is 0 Å². The molecule has 0 aliphatic carbocycles. The summed E-state index contributed by atoms with van der Waals surface area (Å²) in [4.78, 5) is 27.4. The van der Waals surface area contributed by atoms with Gasteiger partial charge in [0.2, 0.25) is 0 Å². The average Bonchev–Trinajstić information content (AvgIpc) is 2.82. The van der Waals surface area contributed by atoms with Gasteiger partial charge in [0.1, 0.15) is 16.9 Å². The zero-order valence-electron chi connectivity index (χ0n) is 18.4. The van der Waals surface area contributed by atoms with E-state index in [0.717, 1.165) is 27.8 Å². The first-order chi connectivity index (χ1) is 15.9. The summed E-state index contributed by atoms with van der Waals surface area (Å²) in [7, 11) is 5.45. The molecule has 2 heterocycles. The number of fused-ring (bicyclic) bond motifs is 2. The molecule has 0 unspecified atom stereocenters. The molecule has 5 rings (SSSR count). The third-order valence-corrected chi connectivity index (χ3v) is 5.70. The summed E-state index contributed by atoms with van der Waals surface area (Å²) < 4.78 is 16.5. The molecule has 0 fully saturated rings. The van der Waals surface area contributed by atoms with E-state index in [2.05, 4.69) is 0 Å². The highest BCUT2D eigenvalue weighted by Gasteiger charge is 2.16. The predicted molar refractivity (Wildman–Crippen MR) is 130 cm³/mol. The van der Waals surface area contributed by atoms with Gasteiger partial charge < -0.3 is 18.5 Å². The first-order valence-corrected chi connectivity index (χ1v) is 10.4. The number of ether oxygens (including phenoxy) is 1. The van der Waals surface area contributed by atoms with Gasteiger partial charge in [0, 0.05) is 48.3 Å². The zero-order valence-corrected chi connectivity index (χ0v) is 18.4. The third-order valence-electron chi connectivity index (χ3n) is 5.70. The highest BCUT2D eigenvalue weighted by Crippen LogP contribution is 2.34. The molecule has 0 atom stereocenters. The Balaban J connectivity index is 1.74. The monoisotopic (exact) mass is 439 g/mol. The van der Waals surface area contributed by atoms with Crippen LogP contribution in [0.4, 0.5) is 5.69 Å². The molecule has 0 aliphatic heterocycles. The van der Waals surface area contributed by atoms with Gasteiger partial charge in [-0.1, -0.05) is 30.3 Å². The Morgan fingerprint density at radius 3 is 2.30 bits per heavy atom. The van der Waals surface area contributed by atoms with E-state index in [9.17, 15) is 9.59 Å². The second-order valence-electron chi connectivity index (χ2n) is 7.95. The molecule has 6 heteroatoms. The Hall–Kier alpha value is -4.32. The maximum Gasteiger partial charge on any atom is 0.344 e. The summed E-state index contributed by atoms with van der Waals surface area (Å²) in [6.07, 6.45) is 0. The van der Waals surface area contributed by atoms with E-state index in [1.165, 1.54) is 6.07 Å². The van der Waals surface area contributed by atoms with Crippen molar-refractivity contribution in [2.24, 2.45) is 0 Å². The summed E-state index contributed by atoms with van der Waals surface area (Å²) in [6.45, 7) is 0. The summed E-state index contributed by atoms with van der Waals surface area (Å²) in [5.74, 6) is 0.720. The molecule has 5 aromatic rings. The van der Waals surface area contributed by atoms with Crippen molar-refractivity contribution >= 4 is 27.6 Å². The van der Waals surface area contributed by atoms with Crippen LogP contribution in [0.1, 0.15) is 0 Å². The molecule has 0 radical (unpaired) electrons. The van der Waals surface area contributed by atoms with Crippen molar-refractivity contribution in [2.75, 3.05) is 26.1 Å². The molecule has 0 spiro atoms. The topological polar surface area (TPSA) is 72.9 Å². The van der Waals surface area contributed by atoms with Crippen molar-refractivity contribution in [2.45, 2.75) is 0 Å². The van der Waals surface area contributed by atoms with Crippen molar-refractivity contribution < 1.29 is 13.6 Å². The van der Waals surface area contributed by atoms with E-state index in [0.29, 0.717) is 27.9 Å². The van der Waals surface area contributed by atoms with Gasteiger partial charge in [-0.15, -0.1) is 0 Å². The molecule has 0 bridgehead atoms. The second-order valence-corrected chi connectivity index (χ2v) is 7.95. The molecule has 2 aromatic heterocycles. The van der Waals surface area contributed by atoms with Crippen LogP contribution in [0, 0.1) is 0 Å². The van der Waals surface area contributed by atoms with Crippen molar-refractivity contribution in [1.29, 1.82) is 0 Å². The number of nitrogens with zero attached hydrogens (tertiary/aromatic N) is 1. The number of benzene rings is 3. The lowest BCUT2D eigenvalue weighted by Gasteiger charge is -2.13. The number of hydrogen-bond donors (Lipinski definition) is 0. The lowest BCUT2D eigenvalue weighted by molar-refractivity contribution is 0.415. The van der Waals surface area contributed by atoms with Gasteiger partial charge >= 0.3 is 11.3 Å². The fourth-order valence-electron chi connectivity index (χ4n) is 3.97. The molecule has 33 heavy (non-hydrogen) atoms. The van der Waals surface area contributed by atoms with Crippen LogP contribution in [-0.2, 0) is 0 Å². The van der Waals surface area contributed by atoms with Crippen LogP contribution < -0.4 is 20.9 Å². The molecular weight excluding hydrogens is 418 g/mol. The smallest absolute Gasteiger partial charge is 0.344 e. The van der Waals surface area contributed by atoms with Crippen molar-refractivity contribution in [1.82, 2.24) is 0 Å². The Morgan fingerprint density at radius 2 is 1.58 bits per heavy atom. The summed E-state index contributed by atoms with van der Waals surface area (Å²) in [5, 5.41) is 1.50. The van der Waals surface area contributed by atoms with Gasteiger partial charge in [-0.05, 0) is 41.5 Å². The highest BCUT2D eigenvalue weighted by molar-refractivity contribution is 6.01. The average molecular weight is 439 g/mol. The predicted octanol–water partition coefficient (Wildman–Crippen LogP) is 5.31. The molecule has 3 aromatic carbocycles. The molecule has 0 amide bonds. The molecule has 0 N–H and O–H groups in total. The van der Waals surface area contributed by atoms with Crippen molar-refractivity contribution in [3.8, 4) is 28.0 Å². The molecule has 0 saturated carbocycles. The van der Waals surface area contributed by atoms with E-state index >= 15 is 0 Å². The Bertz CT molecular complexity index is 1610. The minimum absolute atomic E-state index is 0.334. The van der Waals surface area contributed by atoms with Gasteiger partial charge in [0.05, 0.1) is 12.7 Å². The van der Waals surface area contributed by atoms with Crippen LogP contribution in [0.2, 0.25) is 0 Å². The molecule has 6 nitrogen and oxygen atoms in total. The maximum atomic E-state index is 13.0. The zero-order chi connectivity index (χ0) is 23.1. The van der Waals surface area contributed by atoms with Crippen LogP contribution in [0.15, 0.2) is 91.2 Å². The number of hydrogen-bond acceptors (Lipinski definition) is 6. The molecule has 0 aliphatic rings. The SMILES string of the molecule is COc1ccc(-c2cc(=O)oc3c(-c4cc5ccc(N(C)C)cc5oc4=O)cccc23)cc1. The standard InChI is InChI=1S/C27H21NO5/c1-28(2)18-10-7-17-13-23(27(30)32-24(17)14-18)21-6-4-5-20-22(15-25(29)33-26(20)21)16-8-11-19(31-3)12-9-16/h4-15H,1-3H3. The fourth-order valence-corrected chi connectivity index (χ4v) is 3.97. The van der Waals surface area contributed by atoms with Crippen LogP contribution in [0.25, 0.3) is 44.2 Å². The minimum Gasteiger partial charge on any atom is -0.497 e. The van der Waals surface area contributed by atoms with Gasteiger partial charge in [0.25, 0.3) is 0 Å². The van der Waals surface area contributed by atoms with E-state index in [4.69, 9.17) is 13.6 Å². The number of anilines is 1. The first kappa shape index (κ1) is 20.6. The summed E-state index contributed by atoms with van der Waals surface area (Å²) in [6, 6.07) is 21.8. The molecular formula is C27H21NO5. The Labute approximate surface area is 189 Å². The van der Waals surface area contributed by atoms with Crippen LogP contribution >= 0.6 is 0 Å². The molecule has 164 valence electrons. The third kappa shape index (κ3) is 3.65. The highest BCUT2D eigenvalue weighted by atomic mass is 16.5. The summed E-state index contributed by atoms with van der Waals surface area (Å²) in [5.41, 5.74) is 3.17. The second kappa shape index (κ2) is 7.98. The largest absolute Gasteiger partial charge is 0.497 e. The fraction of sp³-hybridized carbons (Fsp3) is 0.111. The quantitative estimate of drug-likeness (QED) is 0.354. The van der Waals surface area contributed by atoms with E-state index in [1.807, 2.05) is 73.6 Å². The summed E-state index contributed by atoms with van der Waals surface area (Å²) >= 11 is 0.